The molecule has 1 fully saturated rings. The Balaban J connectivity index is 1.86. The average molecular weight is 346 g/mol. The van der Waals surface area contributed by atoms with Crippen LogP contribution >= 0.6 is 7.82 Å². The number of hydrogen-bond acceptors (Lipinski definition) is 3. The fraction of sp³-hybridized carbons (Fsp3) is 0.368. The Hall–Kier alpha value is -1.45. The molecule has 0 spiro atoms. The first-order valence-electron chi connectivity index (χ1n) is 8.24. The van der Waals surface area contributed by atoms with E-state index < -0.39 is 7.82 Å². The third-order valence-electron chi connectivity index (χ3n) is 4.95. The van der Waals surface area contributed by atoms with Crippen LogP contribution < -0.4 is 0 Å². The molecule has 128 valence electrons. The second kappa shape index (κ2) is 7.20. The van der Waals surface area contributed by atoms with Crippen molar-refractivity contribution < 1.29 is 18.5 Å². The lowest BCUT2D eigenvalue weighted by Crippen LogP contribution is -2.35. The van der Waals surface area contributed by atoms with Gasteiger partial charge in [0, 0.05) is 12.5 Å². The highest BCUT2D eigenvalue weighted by Gasteiger charge is 2.40. The zero-order chi connectivity index (χ0) is 17.0. The maximum Gasteiger partial charge on any atom is 0.472 e. The van der Waals surface area contributed by atoms with Gasteiger partial charge in [-0.1, -0.05) is 60.7 Å². The van der Waals surface area contributed by atoms with Crippen molar-refractivity contribution in [3.8, 4) is 0 Å². The summed E-state index contributed by atoms with van der Waals surface area (Å²) in [6.07, 6.45) is 2.93. The highest BCUT2D eigenvalue weighted by Crippen LogP contribution is 2.50. The summed E-state index contributed by atoms with van der Waals surface area (Å²) in [5, 5.41) is 0. The molecule has 0 bridgehead atoms. The predicted molar refractivity (Wildman–Crippen MR) is 93.8 cm³/mol. The van der Waals surface area contributed by atoms with Gasteiger partial charge in [0.15, 0.2) is 0 Å². The summed E-state index contributed by atoms with van der Waals surface area (Å²) in [6.45, 7) is 0. The fourth-order valence-corrected chi connectivity index (χ4v) is 4.35. The second-order valence-corrected chi connectivity index (χ2v) is 7.78. The molecular weight excluding hydrogens is 323 g/mol. The molecule has 24 heavy (non-hydrogen) atoms. The van der Waals surface area contributed by atoms with Gasteiger partial charge in [0.25, 0.3) is 0 Å². The van der Waals surface area contributed by atoms with E-state index in [-0.39, 0.29) is 11.5 Å². The van der Waals surface area contributed by atoms with Gasteiger partial charge in [-0.15, -0.1) is 0 Å². The van der Waals surface area contributed by atoms with Gasteiger partial charge in [-0.05, 0) is 36.8 Å². The summed E-state index contributed by atoms with van der Waals surface area (Å²) in [4.78, 5) is 9.55. The van der Waals surface area contributed by atoms with Crippen molar-refractivity contribution in [2.75, 3.05) is 7.11 Å². The van der Waals surface area contributed by atoms with E-state index in [4.69, 9.17) is 4.52 Å². The van der Waals surface area contributed by atoms with Crippen LogP contribution in [-0.4, -0.2) is 18.1 Å². The first kappa shape index (κ1) is 17.4. The first-order valence-corrected chi connectivity index (χ1v) is 9.73. The van der Waals surface area contributed by atoms with E-state index in [1.54, 1.807) is 0 Å². The van der Waals surface area contributed by atoms with E-state index >= 15 is 0 Å². The van der Waals surface area contributed by atoms with Crippen molar-refractivity contribution in [1.29, 1.82) is 0 Å². The Labute approximate surface area is 143 Å². The standard InChI is InChI=1S/C19H23O4P/c1-22-24(20,21)23-18-12-14-19(15-13-18,16-8-4-2-5-9-16)17-10-6-3-7-11-17/h2-11,18H,12-15H2,1H3,(H,20,21). The molecule has 0 radical (unpaired) electrons. The molecule has 0 aromatic heterocycles. The maximum absolute atomic E-state index is 11.7. The largest absolute Gasteiger partial charge is 0.472 e. The molecule has 0 saturated heterocycles. The Morgan fingerprint density at radius 3 is 1.83 bits per heavy atom. The molecule has 1 aliphatic carbocycles. The third kappa shape index (κ3) is 3.62. The molecule has 0 aliphatic heterocycles. The van der Waals surface area contributed by atoms with E-state index in [1.165, 1.54) is 18.2 Å². The molecule has 1 atom stereocenters. The topological polar surface area (TPSA) is 55.8 Å². The molecule has 0 amide bonds. The van der Waals surface area contributed by atoms with Gasteiger partial charge >= 0.3 is 7.82 Å². The van der Waals surface area contributed by atoms with Crippen LogP contribution in [-0.2, 0) is 19.0 Å². The lowest BCUT2D eigenvalue weighted by atomic mass is 9.65. The highest BCUT2D eigenvalue weighted by atomic mass is 31.2. The summed E-state index contributed by atoms with van der Waals surface area (Å²) in [5.74, 6) is 0. The molecule has 0 heterocycles. The molecule has 3 rings (SSSR count). The lowest BCUT2D eigenvalue weighted by Gasteiger charge is -2.41. The number of phosphoric acid groups is 1. The quantitative estimate of drug-likeness (QED) is 0.799. The van der Waals surface area contributed by atoms with Crippen LogP contribution in [0.2, 0.25) is 0 Å². The number of benzene rings is 2. The van der Waals surface area contributed by atoms with Gasteiger partial charge in [-0.25, -0.2) is 4.57 Å². The molecule has 4 nitrogen and oxygen atoms in total. The molecule has 5 heteroatoms. The molecule has 2 aromatic rings. The van der Waals surface area contributed by atoms with Crippen molar-refractivity contribution in [1.82, 2.24) is 0 Å². The van der Waals surface area contributed by atoms with Gasteiger partial charge in [0.05, 0.1) is 6.10 Å². The maximum atomic E-state index is 11.7. The number of rotatable bonds is 5. The summed E-state index contributed by atoms with van der Waals surface area (Å²) >= 11 is 0. The van der Waals surface area contributed by atoms with Crippen LogP contribution in [0.4, 0.5) is 0 Å². The van der Waals surface area contributed by atoms with Gasteiger partial charge in [-0.2, -0.15) is 0 Å². The third-order valence-corrected chi connectivity index (χ3v) is 5.98. The fourth-order valence-electron chi connectivity index (χ4n) is 3.68. The van der Waals surface area contributed by atoms with Gasteiger partial charge in [-0.3, -0.25) is 9.05 Å². The van der Waals surface area contributed by atoms with Crippen LogP contribution in [0.1, 0.15) is 36.8 Å². The van der Waals surface area contributed by atoms with Crippen molar-refractivity contribution in [3.63, 3.8) is 0 Å². The summed E-state index contributed by atoms with van der Waals surface area (Å²) < 4.78 is 21.5. The minimum atomic E-state index is -3.93. The van der Waals surface area contributed by atoms with E-state index in [9.17, 15) is 9.46 Å². The average Bonchev–Trinajstić information content (AvgIpc) is 2.64. The molecule has 1 saturated carbocycles. The molecule has 1 aliphatic rings. The molecule has 1 N–H and O–H groups in total. The highest BCUT2D eigenvalue weighted by molar-refractivity contribution is 7.47. The van der Waals surface area contributed by atoms with E-state index in [1.807, 2.05) is 12.1 Å². The molecule has 1 unspecified atom stereocenters. The Bertz CT molecular complexity index is 652. The minimum Gasteiger partial charge on any atom is -0.302 e. The van der Waals surface area contributed by atoms with Crippen LogP contribution in [0.3, 0.4) is 0 Å². The van der Waals surface area contributed by atoms with E-state index in [0.717, 1.165) is 25.7 Å². The van der Waals surface area contributed by atoms with E-state index in [0.29, 0.717) is 0 Å². The normalized spacial score (nSPS) is 20.4. The monoisotopic (exact) mass is 346 g/mol. The lowest BCUT2D eigenvalue weighted by molar-refractivity contribution is 0.0792. The summed E-state index contributed by atoms with van der Waals surface area (Å²) in [5.41, 5.74) is 2.50. The van der Waals surface area contributed by atoms with Gasteiger partial charge in [0.2, 0.25) is 0 Å². The van der Waals surface area contributed by atoms with Crippen molar-refractivity contribution in [2.45, 2.75) is 37.2 Å². The van der Waals surface area contributed by atoms with Crippen molar-refractivity contribution in [2.24, 2.45) is 0 Å². The number of hydrogen-bond donors (Lipinski definition) is 1. The van der Waals surface area contributed by atoms with Gasteiger partial charge in [0.1, 0.15) is 0 Å². The first-order chi connectivity index (χ1) is 11.6. The zero-order valence-electron chi connectivity index (χ0n) is 13.8. The van der Waals surface area contributed by atoms with Crippen LogP contribution in [0.25, 0.3) is 0 Å². The molecule has 2 aromatic carbocycles. The minimum absolute atomic E-state index is 0.0745. The molecular formula is C19H23O4P. The number of phosphoric ester groups is 1. The van der Waals surface area contributed by atoms with Crippen LogP contribution in [0.5, 0.6) is 0 Å². The zero-order valence-corrected chi connectivity index (χ0v) is 14.7. The Kier molecular flexibility index (Phi) is 5.21. The van der Waals surface area contributed by atoms with Crippen LogP contribution in [0.15, 0.2) is 60.7 Å². The van der Waals surface area contributed by atoms with Crippen molar-refractivity contribution >= 4 is 7.82 Å². The predicted octanol–water partition coefficient (Wildman–Crippen LogP) is 4.68. The summed E-state index contributed by atoms with van der Waals surface area (Å²) in [7, 11) is -2.73. The van der Waals surface area contributed by atoms with Crippen molar-refractivity contribution in [3.05, 3.63) is 71.8 Å². The smallest absolute Gasteiger partial charge is 0.302 e. The summed E-state index contributed by atoms with van der Waals surface area (Å²) in [6, 6.07) is 21.0. The SMILES string of the molecule is COP(=O)(O)OC1CCC(c2ccccc2)(c2ccccc2)CC1. The van der Waals surface area contributed by atoms with E-state index in [2.05, 4.69) is 53.1 Å². The van der Waals surface area contributed by atoms with Gasteiger partial charge < -0.3 is 4.89 Å². The second-order valence-electron chi connectivity index (χ2n) is 6.27. The Morgan fingerprint density at radius 2 is 1.42 bits per heavy atom. The Morgan fingerprint density at radius 1 is 0.958 bits per heavy atom. The van der Waals surface area contributed by atoms with Crippen LogP contribution in [0, 0.1) is 0 Å².